The van der Waals surface area contributed by atoms with E-state index in [4.69, 9.17) is 42.6 Å². The summed E-state index contributed by atoms with van der Waals surface area (Å²) in [6.07, 6.45) is -8.69. The summed E-state index contributed by atoms with van der Waals surface area (Å²) in [6, 6.07) is -2.80. The first kappa shape index (κ1) is 26.0. The lowest BCUT2D eigenvalue weighted by Crippen LogP contribution is -2.64. The van der Waals surface area contributed by atoms with E-state index in [0.29, 0.717) is 0 Å². The number of ether oxygens (including phenoxy) is 9. The van der Waals surface area contributed by atoms with Crippen molar-refractivity contribution in [3.05, 3.63) is 0 Å². The van der Waals surface area contributed by atoms with E-state index in [2.05, 4.69) is 16.0 Å². The maximum atomic E-state index is 13.6. The second kappa shape index (κ2) is 8.30. The van der Waals surface area contributed by atoms with Crippen LogP contribution in [0.5, 0.6) is 0 Å². The zero-order chi connectivity index (χ0) is 27.6. The van der Waals surface area contributed by atoms with Gasteiger partial charge in [-0.3, -0.25) is 14.4 Å². The maximum absolute atomic E-state index is 13.6. The third kappa shape index (κ3) is 4.18. The molecule has 216 valence electrons. The SMILES string of the molecule is CC1(C)O[C@H]2O[C@@H]3C(=O)N[C@H]4[C@H]5OC(C)(C)O[C@H]5O[C@@H]4C(=O)N[C@H]4[C@H]5OC(C)(C)O[C@H]5O[C@@H]4C(=O)N[C@H]3[C@H]2O1. The van der Waals surface area contributed by atoms with Crippen LogP contribution in [0.25, 0.3) is 0 Å². The lowest BCUT2D eigenvalue weighted by molar-refractivity contribution is -0.214. The third-order valence-electron chi connectivity index (χ3n) is 7.85. The second-order valence-electron chi connectivity index (χ2n) is 12.2. The number of amides is 3. The molecule has 0 radical (unpaired) electrons. The molecule has 7 fully saturated rings. The summed E-state index contributed by atoms with van der Waals surface area (Å²) < 4.78 is 53.4. The van der Waals surface area contributed by atoms with Gasteiger partial charge in [0.1, 0.15) is 18.3 Å². The molecule has 0 aromatic carbocycles. The first-order valence-electron chi connectivity index (χ1n) is 13.1. The molecule has 3 amide bonds. The fourth-order valence-electron chi connectivity index (χ4n) is 6.41. The van der Waals surface area contributed by atoms with Crippen molar-refractivity contribution in [2.75, 3.05) is 0 Å². The molecule has 0 aromatic rings. The Labute approximate surface area is 223 Å². The van der Waals surface area contributed by atoms with Crippen LogP contribution in [0.1, 0.15) is 41.5 Å². The number of carbonyl (C=O) groups is 3. The summed E-state index contributed by atoms with van der Waals surface area (Å²) in [4.78, 5) is 40.8. The first-order chi connectivity index (χ1) is 18.2. The molecule has 15 nitrogen and oxygen atoms in total. The monoisotopic (exact) mass is 555 g/mol. The Hall–Kier alpha value is -1.95. The van der Waals surface area contributed by atoms with E-state index in [9.17, 15) is 14.4 Å². The Bertz CT molecular complexity index is 965. The van der Waals surface area contributed by atoms with Crippen LogP contribution in [0.2, 0.25) is 0 Å². The molecule has 7 aliphatic heterocycles. The molecular formula is C24H33N3O12. The summed E-state index contributed by atoms with van der Waals surface area (Å²) in [5.74, 6) is -4.78. The van der Waals surface area contributed by atoms with Gasteiger partial charge in [-0.15, -0.1) is 0 Å². The molecular weight excluding hydrogens is 522 g/mol. The molecule has 7 aliphatic rings. The molecule has 0 spiro atoms. The number of carbonyl (C=O) groups excluding carboxylic acids is 3. The average Bonchev–Trinajstić information content (AvgIpc) is 3.59. The van der Waals surface area contributed by atoms with Crippen molar-refractivity contribution in [3.8, 4) is 0 Å². The van der Waals surface area contributed by atoms with Gasteiger partial charge in [-0.2, -0.15) is 0 Å². The number of hydrogen-bond donors (Lipinski definition) is 3. The van der Waals surface area contributed by atoms with E-state index in [-0.39, 0.29) is 0 Å². The van der Waals surface area contributed by atoms with E-state index in [1.807, 2.05) is 0 Å². The van der Waals surface area contributed by atoms with E-state index >= 15 is 0 Å². The normalized spacial score (nSPS) is 50.8. The van der Waals surface area contributed by atoms with E-state index in [0.717, 1.165) is 0 Å². The van der Waals surface area contributed by atoms with Crippen molar-refractivity contribution in [1.29, 1.82) is 0 Å². The zero-order valence-corrected chi connectivity index (χ0v) is 22.3. The van der Waals surface area contributed by atoms with Crippen LogP contribution in [0.15, 0.2) is 0 Å². The van der Waals surface area contributed by atoms with Crippen molar-refractivity contribution in [2.45, 2.75) is 133 Å². The predicted molar refractivity (Wildman–Crippen MR) is 122 cm³/mol. The van der Waals surface area contributed by atoms with Crippen LogP contribution >= 0.6 is 0 Å². The van der Waals surface area contributed by atoms with E-state index in [1.165, 1.54) is 0 Å². The molecule has 7 heterocycles. The van der Waals surface area contributed by atoms with Gasteiger partial charge in [0.15, 0.2) is 54.5 Å². The van der Waals surface area contributed by atoms with Gasteiger partial charge in [0, 0.05) is 0 Å². The highest BCUT2D eigenvalue weighted by atomic mass is 16.9. The van der Waals surface area contributed by atoms with Crippen molar-refractivity contribution < 1.29 is 57.0 Å². The van der Waals surface area contributed by atoms with Crippen molar-refractivity contribution in [2.24, 2.45) is 0 Å². The van der Waals surface area contributed by atoms with Crippen molar-refractivity contribution >= 4 is 17.7 Å². The van der Waals surface area contributed by atoms with Crippen LogP contribution in [0.4, 0.5) is 0 Å². The van der Waals surface area contributed by atoms with Crippen LogP contribution in [-0.4, -0.2) is 109 Å². The lowest BCUT2D eigenvalue weighted by atomic mass is 10.00. The van der Waals surface area contributed by atoms with Crippen molar-refractivity contribution in [1.82, 2.24) is 16.0 Å². The number of fused-ring (bicyclic) bond motifs is 9. The third-order valence-corrected chi connectivity index (χ3v) is 7.85. The van der Waals surface area contributed by atoms with Crippen LogP contribution in [-0.2, 0) is 57.0 Å². The van der Waals surface area contributed by atoms with Crippen LogP contribution in [0.3, 0.4) is 0 Å². The Morgan fingerprint density at radius 2 is 0.718 bits per heavy atom. The fourth-order valence-corrected chi connectivity index (χ4v) is 6.41. The summed E-state index contributed by atoms with van der Waals surface area (Å²) in [6.45, 7) is 10.3. The molecule has 12 atom stereocenters. The Balaban J connectivity index is 1.24. The van der Waals surface area contributed by atoms with Gasteiger partial charge in [-0.05, 0) is 41.5 Å². The predicted octanol–water partition coefficient (Wildman–Crippen LogP) is -1.92. The molecule has 0 bridgehead atoms. The van der Waals surface area contributed by atoms with Gasteiger partial charge in [0.05, 0.1) is 18.1 Å². The minimum absolute atomic E-state index is 0.602. The van der Waals surface area contributed by atoms with Gasteiger partial charge in [0.25, 0.3) is 17.7 Å². The molecule has 39 heavy (non-hydrogen) atoms. The lowest BCUT2D eigenvalue weighted by Gasteiger charge is -2.33. The molecule has 0 unspecified atom stereocenters. The Kier molecular flexibility index (Phi) is 5.53. The summed E-state index contributed by atoms with van der Waals surface area (Å²) in [7, 11) is 0. The van der Waals surface area contributed by atoms with Gasteiger partial charge in [-0.25, -0.2) is 0 Å². The highest BCUT2D eigenvalue weighted by Crippen LogP contribution is 2.42. The molecule has 3 N–H and O–H groups in total. The number of nitrogens with one attached hydrogen (secondary N) is 3. The molecule has 7 rings (SSSR count). The van der Waals surface area contributed by atoms with Gasteiger partial charge in [0.2, 0.25) is 0 Å². The Morgan fingerprint density at radius 1 is 0.462 bits per heavy atom. The average molecular weight is 556 g/mol. The zero-order valence-electron chi connectivity index (χ0n) is 22.3. The number of rotatable bonds is 0. The highest BCUT2D eigenvalue weighted by molar-refractivity contribution is 5.90. The quantitative estimate of drug-likeness (QED) is 0.303. The van der Waals surface area contributed by atoms with Crippen LogP contribution < -0.4 is 16.0 Å². The fraction of sp³-hybridized carbons (Fsp3) is 0.875. The minimum atomic E-state index is -1.21. The van der Waals surface area contributed by atoms with E-state index < -0.39 is 109 Å². The molecule has 7 saturated heterocycles. The summed E-state index contributed by atoms with van der Waals surface area (Å²) in [5.41, 5.74) is 0. The molecule has 0 saturated carbocycles. The molecule has 0 aliphatic carbocycles. The molecule has 0 aromatic heterocycles. The van der Waals surface area contributed by atoms with Crippen molar-refractivity contribution in [3.63, 3.8) is 0 Å². The standard InChI is InChI=1S/C24H33N3O12/c1-22(2)34-13-7-10(31-19(13)37-22)16(28)26-9-12(33-21-15(9)36-24(5,6)39-21)18(30)27-8-11(17(29)25-7)32-20-14(8)35-23(3,4)38-20/h7-15,19-21H,1-6H3,(H,25,29)(H,26,28)(H,27,30)/t7-,8-,9-,10+,11+,12+,13-,14-,15-,19-,20-,21-/m1/s1. The summed E-state index contributed by atoms with van der Waals surface area (Å²) in [5, 5.41) is 8.54. The van der Waals surface area contributed by atoms with Gasteiger partial charge >= 0.3 is 0 Å². The smallest absolute Gasteiger partial charge is 0.251 e. The number of hydrogen-bond acceptors (Lipinski definition) is 12. The van der Waals surface area contributed by atoms with Crippen LogP contribution in [0, 0.1) is 0 Å². The Morgan fingerprint density at radius 3 is 0.974 bits per heavy atom. The maximum Gasteiger partial charge on any atom is 0.251 e. The highest BCUT2D eigenvalue weighted by Gasteiger charge is 2.64. The van der Waals surface area contributed by atoms with E-state index in [1.54, 1.807) is 41.5 Å². The first-order valence-corrected chi connectivity index (χ1v) is 13.1. The largest absolute Gasteiger partial charge is 0.345 e. The second-order valence-corrected chi connectivity index (χ2v) is 12.2. The molecule has 15 heteroatoms. The minimum Gasteiger partial charge on any atom is -0.345 e. The van der Waals surface area contributed by atoms with Gasteiger partial charge in [-0.1, -0.05) is 0 Å². The summed E-state index contributed by atoms with van der Waals surface area (Å²) >= 11 is 0. The van der Waals surface area contributed by atoms with Gasteiger partial charge < -0.3 is 58.6 Å². The topological polar surface area (TPSA) is 170 Å².